The van der Waals surface area contributed by atoms with Crippen LogP contribution in [0, 0.1) is 6.92 Å². The van der Waals surface area contributed by atoms with Gasteiger partial charge in [-0.05, 0) is 51.2 Å². The van der Waals surface area contributed by atoms with Crippen molar-refractivity contribution in [3.05, 3.63) is 36.5 Å². The number of nitrogens with zero attached hydrogens (tertiary/aromatic N) is 5. The van der Waals surface area contributed by atoms with Gasteiger partial charge < -0.3 is 15.0 Å². The second-order valence-corrected chi connectivity index (χ2v) is 8.25. The molecule has 5 heterocycles. The van der Waals surface area contributed by atoms with E-state index in [1.165, 1.54) is 6.42 Å². The van der Waals surface area contributed by atoms with E-state index < -0.39 is 0 Å². The highest BCUT2D eigenvalue weighted by atomic mass is 16.5. The molecule has 8 nitrogen and oxygen atoms in total. The number of fused-ring (bicyclic) bond motifs is 2. The molecule has 4 aromatic rings. The van der Waals surface area contributed by atoms with Gasteiger partial charge in [-0.1, -0.05) is 0 Å². The molecule has 0 unspecified atom stereocenters. The Morgan fingerprint density at radius 2 is 2.07 bits per heavy atom. The van der Waals surface area contributed by atoms with Crippen LogP contribution in [0.25, 0.3) is 27.8 Å². The number of aromatic amines is 1. The predicted molar refractivity (Wildman–Crippen MR) is 110 cm³/mol. The van der Waals surface area contributed by atoms with E-state index in [0.29, 0.717) is 12.0 Å². The average Bonchev–Trinajstić information content (AvgIpc) is 3.30. The van der Waals surface area contributed by atoms with Crippen LogP contribution in [0.15, 0.2) is 30.7 Å². The maximum absolute atomic E-state index is 5.82. The topological polar surface area (TPSA) is 93.0 Å². The van der Waals surface area contributed by atoms with Gasteiger partial charge in [0.1, 0.15) is 11.5 Å². The molecule has 1 aliphatic carbocycles. The lowest BCUT2D eigenvalue weighted by atomic mass is 9.77. The van der Waals surface area contributed by atoms with Gasteiger partial charge in [-0.25, -0.2) is 4.98 Å². The highest BCUT2D eigenvalue weighted by Gasteiger charge is 2.41. The van der Waals surface area contributed by atoms with Crippen LogP contribution >= 0.6 is 0 Å². The van der Waals surface area contributed by atoms with Crippen molar-refractivity contribution in [2.75, 3.05) is 11.9 Å². The normalized spacial score (nSPS) is 24.2. The van der Waals surface area contributed by atoms with Crippen molar-refractivity contribution < 1.29 is 4.74 Å². The summed E-state index contributed by atoms with van der Waals surface area (Å²) in [4.78, 5) is 12.6. The van der Waals surface area contributed by atoms with Crippen LogP contribution in [0.4, 0.5) is 5.95 Å². The lowest BCUT2D eigenvalue weighted by Gasteiger charge is -2.46. The van der Waals surface area contributed by atoms with E-state index in [1.807, 2.05) is 29.8 Å². The van der Waals surface area contributed by atoms with Gasteiger partial charge in [-0.3, -0.25) is 4.40 Å². The summed E-state index contributed by atoms with van der Waals surface area (Å²) in [5.41, 5.74) is 4.02. The zero-order valence-electron chi connectivity index (χ0n) is 16.4. The molecule has 2 fully saturated rings. The molecule has 0 bridgehead atoms. The minimum absolute atomic E-state index is 0.182. The number of anilines is 1. The summed E-state index contributed by atoms with van der Waals surface area (Å²) < 4.78 is 7.81. The van der Waals surface area contributed by atoms with Crippen molar-refractivity contribution in [3.8, 4) is 11.1 Å². The molecule has 0 amide bonds. The molecule has 2 N–H and O–H groups in total. The van der Waals surface area contributed by atoms with Crippen LogP contribution in [0.5, 0.6) is 0 Å². The fourth-order valence-corrected chi connectivity index (χ4v) is 4.64. The van der Waals surface area contributed by atoms with Gasteiger partial charge in [-0.15, -0.1) is 10.2 Å². The smallest absolute Gasteiger partial charge is 0.224 e. The number of H-pyrrole nitrogens is 1. The number of hydrogen-bond donors (Lipinski definition) is 2. The highest BCUT2D eigenvalue weighted by Crippen LogP contribution is 2.41. The Balaban J connectivity index is 1.25. The van der Waals surface area contributed by atoms with E-state index in [1.54, 1.807) is 0 Å². The maximum atomic E-state index is 5.82. The molecular formula is C21H23N7O. The lowest BCUT2D eigenvalue weighted by molar-refractivity contribution is -0.165. The SMILES string of the molecule is Cc1nnc2ccc(-c3c[nH]c4nc(NC5CCC6(CCO6)CC5)ncc34)cn12. The van der Waals surface area contributed by atoms with E-state index in [4.69, 9.17) is 9.72 Å². The Bertz CT molecular complexity index is 1200. The highest BCUT2D eigenvalue weighted by molar-refractivity contribution is 5.93. The van der Waals surface area contributed by atoms with Crippen LogP contribution in [-0.2, 0) is 4.74 Å². The first-order valence-electron chi connectivity index (χ1n) is 10.3. The summed E-state index contributed by atoms with van der Waals surface area (Å²) in [5, 5.41) is 12.8. The molecular weight excluding hydrogens is 366 g/mol. The van der Waals surface area contributed by atoms with Crippen LogP contribution < -0.4 is 5.32 Å². The minimum Gasteiger partial charge on any atom is -0.375 e. The number of ether oxygens (including phenoxy) is 1. The van der Waals surface area contributed by atoms with Gasteiger partial charge >= 0.3 is 0 Å². The summed E-state index contributed by atoms with van der Waals surface area (Å²) in [5.74, 6) is 1.55. The Morgan fingerprint density at radius 1 is 1.21 bits per heavy atom. The molecule has 8 heteroatoms. The van der Waals surface area contributed by atoms with Crippen molar-refractivity contribution in [1.82, 2.24) is 29.5 Å². The van der Waals surface area contributed by atoms with Gasteiger partial charge in [0.05, 0.1) is 12.2 Å². The number of pyridine rings is 1. The number of aryl methyl sites for hydroxylation is 1. The number of aromatic nitrogens is 6. The summed E-state index contributed by atoms with van der Waals surface area (Å²) >= 11 is 0. The molecule has 148 valence electrons. The first-order valence-corrected chi connectivity index (χ1v) is 10.3. The summed E-state index contributed by atoms with van der Waals surface area (Å²) in [6, 6.07) is 4.45. The summed E-state index contributed by atoms with van der Waals surface area (Å²) in [7, 11) is 0. The van der Waals surface area contributed by atoms with Gasteiger partial charge in [-0.2, -0.15) is 4.98 Å². The van der Waals surface area contributed by atoms with Gasteiger partial charge in [0, 0.05) is 41.1 Å². The molecule has 0 atom stereocenters. The third-order valence-corrected chi connectivity index (χ3v) is 6.51. The third-order valence-electron chi connectivity index (χ3n) is 6.51. The maximum Gasteiger partial charge on any atom is 0.224 e. The first-order chi connectivity index (χ1) is 14.2. The molecule has 0 aromatic carbocycles. The van der Waals surface area contributed by atoms with Crippen molar-refractivity contribution in [2.24, 2.45) is 0 Å². The molecule has 0 radical (unpaired) electrons. The zero-order valence-corrected chi connectivity index (χ0v) is 16.4. The third kappa shape index (κ3) is 2.78. The predicted octanol–water partition coefficient (Wildman–Crippen LogP) is 3.49. The van der Waals surface area contributed by atoms with E-state index in [9.17, 15) is 0 Å². The molecule has 6 rings (SSSR count). The monoisotopic (exact) mass is 389 g/mol. The fourth-order valence-electron chi connectivity index (χ4n) is 4.64. The summed E-state index contributed by atoms with van der Waals surface area (Å²) in [6.07, 6.45) is 11.6. The standard InChI is InChI=1S/C21H23N7O/c1-13-26-27-18-3-2-14(12-28(13)18)16-10-22-19-17(16)11-23-20(25-19)24-15-4-6-21(7-5-15)8-9-29-21/h2-3,10-12,15H,4-9H2,1H3,(H2,22,23,24,25). The summed E-state index contributed by atoms with van der Waals surface area (Å²) in [6.45, 7) is 2.88. The van der Waals surface area contributed by atoms with Gasteiger partial charge in [0.25, 0.3) is 0 Å². The fraction of sp³-hybridized carbons (Fsp3) is 0.429. The van der Waals surface area contributed by atoms with E-state index >= 15 is 0 Å². The Hall–Kier alpha value is -3.00. The molecule has 1 saturated heterocycles. The largest absolute Gasteiger partial charge is 0.375 e. The van der Waals surface area contributed by atoms with Crippen LogP contribution in [0.1, 0.15) is 37.9 Å². The minimum atomic E-state index is 0.182. The van der Waals surface area contributed by atoms with Crippen molar-refractivity contribution >= 4 is 22.6 Å². The first kappa shape index (κ1) is 16.9. The van der Waals surface area contributed by atoms with Crippen LogP contribution in [-0.4, -0.2) is 47.8 Å². The van der Waals surface area contributed by atoms with Crippen molar-refractivity contribution in [3.63, 3.8) is 0 Å². The number of nitrogens with one attached hydrogen (secondary N) is 2. The zero-order chi connectivity index (χ0) is 19.4. The molecule has 1 aliphatic heterocycles. The lowest BCUT2D eigenvalue weighted by Crippen LogP contribution is -2.48. The Morgan fingerprint density at radius 3 is 2.86 bits per heavy atom. The second kappa shape index (κ2) is 6.25. The van der Waals surface area contributed by atoms with E-state index in [-0.39, 0.29) is 5.60 Å². The van der Waals surface area contributed by atoms with Crippen LogP contribution in [0.3, 0.4) is 0 Å². The quantitative estimate of drug-likeness (QED) is 0.557. The number of rotatable bonds is 3. The van der Waals surface area contributed by atoms with Crippen molar-refractivity contribution in [2.45, 2.75) is 50.7 Å². The average molecular weight is 389 g/mol. The molecule has 29 heavy (non-hydrogen) atoms. The Labute approximate surface area is 167 Å². The molecule has 2 aliphatic rings. The van der Waals surface area contributed by atoms with Gasteiger partial charge in [0.2, 0.25) is 5.95 Å². The number of hydrogen-bond acceptors (Lipinski definition) is 6. The Kier molecular flexibility index (Phi) is 3.64. The molecule has 4 aromatic heterocycles. The van der Waals surface area contributed by atoms with Gasteiger partial charge in [0.15, 0.2) is 5.65 Å². The second-order valence-electron chi connectivity index (χ2n) is 8.25. The van der Waals surface area contributed by atoms with E-state index in [2.05, 4.69) is 37.7 Å². The van der Waals surface area contributed by atoms with Crippen LogP contribution in [0.2, 0.25) is 0 Å². The molecule has 1 saturated carbocycles. The van der Waals surface area contributed by atoms with Crippen molar-refractivity contribution in [1.29, 1.82) is 0 Å². The van der Waals surface area contributed by atoms with E-state index in [0.717, 1.165) is 65.9 Å². The molecule has 1 spiro atoms.